The lowest BCUT2D eigenvalue weighted by atomic mass is 9.99. The number of halogens is 4. The van der Waals surface area contributed by atoms with E-state index in [1.54, 1.807) is 12.1 Å². The van der Waals surface area contributed by atoms with Gasteiger partial charge in [0.1, 0.15) is 17.7 Å². The molecule has 2 nitrogen and oxygen atoms in total. The molecular weight excluding hydrogens is 288 g/mol. The summed E-state index contributed by atoms with van der Waals surface area (Å²) in [6.45, 7) is 0. The number of benzene rings is 2. The fourth-order valence-corrected chi connectivity index (χ4v) is 1.94. The summed E-state index contributed by atoms with van der Waals surface area (Å²) >= 11 is 0. The average molecular weight is 300 g/mol. The van der Waals surface area contributed by atoms with E-state index in [2.05, 4.69) is 0 Å². The summed E-state index contributed by atoms with van der Waals surface area (Å²) in [7, 11) is 1.43. The van der Waals surface area contributed by atoms with Crippen LogP contribution in [0.3, 0.4) is 0 Å². The second-order valence-corrected chi connectivity index (χ2v) is 4.45. The van der Waals surface area contributed by atoms with Crippen LogP contribution in [-0.4, -0.2) is 12.2 Å². The lowest BCUT2D eigenvalue weighted by Gasteiger charge is -2.15. The van der Waals surface area contributed by atoms with Crippen molar-refractivity contribution in [2.75, 3.05) is 7.11 Å². The number of ether oxygens (including phenoxy) is 1. The molecule has 2 aromatic rings. The van der Waals surface area contributed by atoms with E-state index in [9.17, 15) is 22.7 Å². The summed E-state index contributed by atoms with van der Waals surface area (Å²) in [5, 5.41) is 10.1. The van der Waals surface area contributed by atoms with Crippen LogP contribution in [0.5, 0.6) is 5.75 Å². The van der Waals surface area contributed by atoms with Gasteiger partial charge in [0.2, 0.25) is 0 Å². The molecular formula is C15H12F4O2. The molecule has 2 aromatic carbocycles. The molecule has 0 aliphatic heterocycles. The second kappa shape index (κ2) is 5.73. The molecule has 0 spiro atoms. The number of hydrogen-bond donors (Lipinski definition) is 1. The molecule has 2 rings (SSSR count). The Labute approximate surface area is 118 Å². The van der Waals surface area contributed by atoms with Gasteiger partial charge < -0.3 is 9.84 Å². The number of rotatable bonds is 3. The van der Waals surface area contributed by atoms with Crippen LogP contribution in [0.2, 0.25) is 0 Å². The van der Waals surface area contributed by atoms with Gasteiger partial charge >= 0.3 is 6.18 Å². The third-order valence-electron chi connectivity index (χ3n) is 2.97. The van der Waals surface area contributed by atoms with Crippen molar-refractivity contribution < 1.29 is 27.4 Å². The molecule has 0 saturated carbocycles. The van der Waals surface area contributed by atoms with Crippen molar-refractivity contribution in [1.29, 1.82) is 0 Å². The maximum absolute atomic E-state index is 13.3. The first kappa shape index (κ1) is 15.3. The summed E-state index contributed by atoms with van der Waals surface area (Å²) in [4.78, 5) is 0. The van der Waals surface area contributed by atoms with Crippen LogP contribution in [0, 0.1) is 5.82 Å². The highest BCUT2D eigenvalue weighted by molar-refractivity contribution is 5.37. The Morgan fingerprint density at radius 2 is 1.76 bits per heavy atom. The van der Waals surface area contributed by atoms with Crippen molar-refractivity contribution >= 4 is 0 Å². The molecule has 0 aliphatic rings. The molecule has 0 aromatic heterocycles. The van der Waals surface area contributed by atoms with Gasteiger partial charge in [-0.2, -0.15) is 13.2 Å². The molecule has 0 heterocycles. The third kappa shape index (κ3) is 3.52. The van der Waals surface area contributed by atoms with Crippen molar-refractivity contribution in [1.82, 2.24) is 0 Å². The van der Waals surface area contributed by atoms with Crippen molar-refractivity contribution in [3.63, 3.8) is 0 Å². The Balaban J connectivity index is 2.43. The Hall–Kier alpha value is -2.08. The van der Waals surface area contributed by atoms with E-state index in [4.69, 9.17) is 4.74 Å². The first-order valence-corrected chi connectivity index (χ1v) is 6.01. The predicted octanol–water partition coefficient (Wildman–Crippen LogP) is 3.93. The Kier molecular flexibility index (Phi) is 4.18. The van der Waals surface area contributed by atoms with E-state index in [0.29, 0.717) is 17.4 Å². The van der Waals surface area contributed by atoms with Gasteiger partial charge in [-0.1, -0.05) is 12.1 Å². The van der Waals surface area contributed by atoms with E-state index in [1.165, 1.54) is 19.2 Å². The van der Waals surface area contributed by atoms with Gasteiger partial charge in [-0.05, 0) is 41.5 Å². The lowest BCUT2D eigenvalue weighted by molar-refractivity contribution is -0.137. The number of hydrogen-bond acceptors (Lipinski definition) is 2. The number of alkyl halides is 3. The van der Waals surface area contributed by atoms with Crippen LogP contribution < -0.4 is 4.74 Å². The highest BCUT2D eigenvalue weighted by Crippen LogP contribution is 2.33. The zero-order valence-corrected chi connectivity index (χ0v) is 11.0. The molecule has 1 unspecified atom stereocenters. The zero-order chi connectivity index (χ0) is 15.6. The SMILES string of the molecule is COc1cccc(C(O)c2cc(F)cc(C(F)(F)F)c2)c1. The fraction of sp³-hybridized carbons (Fsp3) is 0.200. The zero-order valence-electron chi connectivity index (χ0n) is 11.0. The Morgan fingerprint density at radius 1 is 1.05 bits per heavy atom. The highest BCUT2D eigenvalue weighted by Gasteiger charge is 2.32. The first-order valence-electron chi connectivity index (χ1n) is 6.01. The largest absolute Gasteiger partial charge is 0.497 e. The van der Waals surface area contributed by atoms with Gasteiger partial charge in [-0.15, -0.1) is 0 Å². The van der Waals surface area contributed by atoms with Gasteiger partial charge in [0.15, 0.2) is 0 Å². The minimum absolute atomic E-state index is 0.171. The quantitative estimate of drug-likeness (QED) is 0.870. The molecule has 0 bridgehead atoms. The highest BCUT2D eigenvalue weighted by atomic mass is 19.4. The third-order valence-corrected chi connectivity index (χ3v) is 2.97. The molecule has 1 N–H and O–H groups in total. The average Bonchev–Trinajstić information content (AvgIpc) is 2.45. The molecule has 21 heavy (non-hydrogen) atoms. The number of aliphatic hydroxyl groups is 1. The smallest absolute Gasteiger partial charge is 0.416 e. The van der Waals surface area contributed by atoms with Gasteiger partial charge in [-0.3, -0.25) is 0 Å². The topological polar surface area (TPSA) is 29.5 Å². The van der Waals surface area contributed by atoms with E-state index < -0.39 is 23.7 Å². The minimum atomic E-state index is -4.68. The van der Waals surface area contributed by atoms with Gasteiger partial charge in [0.25, 0.3) is 0 Å². The summed E-state index contributed by atoms with van der Waals surface area (Å²) in [5.41, 5.74) is -0.997. The summed E-state index contributed by atoms with van der Waals surface area (Å²) in [6.07, 6.45) is -6.05. The van der Waals surface area contributed by atoms with Crippen LogP contribution in [0.25, 0.3) is 0 Å². The first-order chi connectivity index (χ1) is 9.81. The molecule has 6 heteroatoms. The molecule has 0 fully saturated rings. The van der Waals surface area contributed by atoms with E-state index in [-0.39, 0.29) is 5.56 Å². The molecule has 0 aliphatic carbocycles. The second-order valence-electron chi connectivity index (χ2n) is 4.45. The van der Waals surface area contributed by atoms with Gasteiger partial charge in [0, 0.05) is 0 Å². The molecule has 112 valence electrons. The number of aliphatic hydroxyl groups excluding tert-OH is 1. The Bertz CT molecular complexity index is 638. The van der Waals surface area contributed by atoms with E-state index >= 15 is 0 Å². The maximum Gasteiger partial charge on any atom is 0.416 e. The summed E-state index contributed by atoms with van der Waals surface area (Å²) in [5.74, 6) is -0.610. The summed E-state index contributed by atoms with van der Waals surface area (Å²) < 4.78 is 56.3. The fourth-order valence-electron chi connectivity index (χ4n) is 1.94. The van der Waals surface area contributed by atoms with Gasteiger partial charge in [0.05, 0.1) is 12.7 Å². The predicted molar refractivity (Wildman–Crippen MR) is 68.5 cm³/mol. The number of methoxy groups -OCH3 is 1. The van der Waals surface area contributed by atoms with E-state index in [1.807, 2.05) is 0 Å². The molecule has 0 amide bonds. The molecule has 1 atom stereocenters. The van der Waals surface area contributed by atoms with Crippen LogP contribution >= 0.6 is 0 Å². The van der Waals surface area contributed by atoms with Crippen molar-refractivity contribution in [3.05, 3.63) is 65.0 Å². The summed E-state index contributed by atoms with van der Waals surface area (Å²) in [6, 6.07) is 8.20. The van der Waals surface area contributed by atoms with Crippen molar-refractivity contribution in [2.24, 2.45) is 0 Å². The van der Waals surface area contributed by atoms with Crippen molar-refractivity contribution in [3.8, 4) is 5.75 Å². The van der Waals surface area contributed by atoms with Crippen LogP contribution in [-0.2, 0) is 6.18 Å². The van der Waals surface area contributed by atoms with Crippen LogP contribution in [0.1, 0.15) is 22.8 Å². The van der Waals surface area contributed by atoms with Crippen LogP contribution in [0.4, 0.5) is 17.6 Å². The maximum atomic E-state index is 13.3. The van der Waals surface area contributed by atoms with E-state index in [0.717, 1.165) is 12.1 Å². The standard InChI is InChI=1S/C15H12F4O2/c1-21-13-4-2-3-9(7-13)14(20)10-5-11(15(17,18)19)8-12(16)6-10/h2-8,14,20H,1H3. The molecule has 0 radical (unpaired) electrons. The Morgan fingerprint density at radius 3 is 2.38 bits per heavy atom. The van der Waals surface area contributed by atoms with Gasteiger partial charge in [-0.25, -0.2) is 4.39 Å². The lowest BCUT2D eigenvalue weighted by Crippen LogP contribution is -2.08. The molecule has 0 saturated heterocycles. The van der Waals surface area contributed by atoms with Crippen molar-refractivity contribution in [2.45, 2.75) is 12.3 Å². The minimum Gasteiger partial charge on any atom is -0.497 e. The normalized spacial score (nSPS) is 13.0. The monoisotopic (exact) mass is 300 g/mol. The van der Waals surface area contributed by atoms with Crippen LogP contribution in [0.15, 0.2) is 42.5 Å².